The fourth-order valence-corrected chi connectivity index (χ4v) is 1.16. The van der Waals surface area contributed by atoms with Crippen molar-refractivity contribution >= 4 is 5.69 Å². The molecule has 2 aromatic heterocycles. The maximum atomic E-state index is 5.74. The minimum Gasteiger partial charge on any atom is -0.397 e. The quantitative estimate of drug-likeness (QED) is 0.664. The normalized spacial score (nSPS) is 10.0. The van der Waals surface area contributed by atoms with Crippen LogP contribution in [0, 0.1) is 0 Å². The molecule has 0 unspecified atom stereocenters. The predicted molar refractivity (Wildman–Crippen MR) is 48.4 cm³/mol. The molecule has 0 aliphatic carbocycles. The van der Waals surface area contributed by atoms with Crippen molar-refractivity contribution in [3.05, 3.63) is 36.9 Å². The zero-order valence-corrected chi connectivity index (χ0v) is 6.49. The Kier molecular flexibility index (Phi) is 1.55. The number of nitrogen functional groups attached to an aromatic ring is 1. The van der Waals surface area contributed by atoms with E-state index in [1.165, 1.54) is 0 Å². The number of nitrogens with two attached hydrogens (primary N) is 1. The molecule has 0 radical (unpaired) electrons. The summed E-state index contributed by atoms with van der Waals surface area (Å²) in [6, 6.07) is 3.88. The third kappa shape index (κ3) is 1.05. The van der Waals surface area contributed by atoms with Crippen molar-refractivity contribution in [1.82, 2.24) is 9.97 Å². The van der Waals surface area contributed by atoms with Gasteiger partial charge in [-0.25, -0.2) is 0 Å². The molecule has 60 valence electrons. The van der Waals surface area contributed by atoms with Crippen molar-refractivity contribution in [2.45, 2.75) is 0 Å². The molecule has 0 bridgehead atoms. The number of H-pyrrole nitrogens is 1. The summed E-state index contributed by atoms with van der Waals surface area (Å²) < 4.78 is 0. The molecule has 0 aliphatic rings. The number of rotatable bonds is 1. The van der Waals surface area contributed by atoms with Gasteiger partial charge >= 0.3 is 0 Å². The average Bonchev–Trinajstić information content (AvgIpc) is 2.57. The molecule has 2 heterocycles. The van der Waals surface area contributed by atoms with E-state index >= 15 is 0 Å². The second-order valence-corrected chi connectivity index (χ2v) is 2.56. The molecular weight excluding hydrogens is 150 g/mol. The Morgan fingerprint density at radius 1 is 1.33 bits per heavy atom. The first-order chi connectivity index (χ1) is 5.88. The smallest absolute Gasteiger partial charge is 0.0580 e. The second-order valence-electron chi connectivity index (χ2n) is 2.56. The van der Waals surface area contributed by atoms with Crippen molar-refractivity contribution in [3.8, 4) is 11.1 Å². The van der Waals surface area contributed by atoms with Gasteiger partial charge in [-0.15, -0.1) is 0 Å². The third-order valence-electron chi connectivity index (χ3n) is 1.76. The molecular formula is C9H9N3. The van der Waals surface area contributed by atoms with Gasteiger partial charge in [0.1, 0.15) is 0 Å². The van der Waals surface area contributed by atoms with Crippen LogP contribution in [0.5, 0.6) is 0 Å². The van der Waals surface area contributed by atoms with Gasteiger partial charge in [0.25, 0.3) is 0 Å². The summed E-state index contributed by atoms with van der Waals surface area (Å²) in [4.78, 5) is 6.90. The highest BCUT2D eigenvalue weighted by atomic mass is 14.7. The van der Waals surface area contributed by atoms with Crippen LogP contribution in [0.2, 0.25) is 0 Å². The lowest BCUT2D eigenvalue weighted by atomic mass is 10.1. The molecule has 3 nitrogen and oxygen atoms in total. The van der Waals surface area contributed by atoms with Crippen LogP contribution in [0.1, 0.15) is 0 Å². The SMILES string of the molecule is Nc1cnccc1-c1cc[nH]c1. The number of aromatic amines is 1. The van der Waals surface area contributed by atoms with Crippen molar-refractivity contribution in [2.24, 2.45) is 0 Å². The number of hydrogen-bond acceptors (Lipinski definition) is 2. The molecule has 2 rings (SSSR count). The van der Waals surface area contributed by atoms with Gasteiger partial charge in [0.2, 0.25) is 0 Å². The Morgan fingerprint density at radius 3 is 2.92 bits per heavy atom. The van der Waals surface area contributed by atoms with Crippen LogP contribution < -0.4 is 5.73 Å². The summed E-state index contributed by atoms with van der Waals surface area (Å²) in [7, 11) is 0. The van der Waals surface area contributed by atoms with E-state index in [-0.39, 0.29) is 0 Å². The van der Waals surface area contributed by atoms with Crippen molar-refractivity contribution in [1.29, 1.82) is 0 Å². The van der Waals surface area contributed by atoms with Gasteiger partial charge in [0.15, 0.2) is 0 Å². The lowest BCUT2D eigenvalue weighted by Crippen LogP contribution is -1.89. The van der Waals surface area contributed by atoms with Gasteiger partial charge in [0, 0.05) is 29.7 Å². The molecule has 12 heavy (non-hydrogen) atoms. The monoisotopic (exact) mass is 159 g/mol. The first-order valence-corrected chi connectivity index (χ1v) is 3.70. The number of anilines is 1. The first kappa shape index (κ1) is 6.91. The number of pyridine rings is 1. The van der Waals surface area contributed by atoms with Crippen LogP contribution in [-0.2, 0) is 0 Å². The molecule has 0 atom stereocenters. The Labute approximate surface area is 70.3 Å². The molecule has 3 heteroatoms. The largest absolute Gasteiger partial charge is 0.397 e. The summed E-state index contributed by atoms with van der Waals surface area (Å²) in [5, 5.41) is 0. The summed E-state index contributed by atoms with van der Waals surface area (Å²) in [5.74, 6) is 0. The van der Waals surface area contributed by atoms with Crippen molar-refractivity contribution in [3.63, 3.8) is 0 Å². The highest BCUT2D eigenvalue weighted by molar-refractivity contribution is 5.74. The van der Waals surface area contributed by atoms with Crippen LogP contribution in [0.3, 0.4) is 0 Å². The van der Waals surface area contributed by atoms with Crippen LogP contribution in [0.15, 0.2) is 36.9 Å². The van der Waals surface area contributed by atoms with E-state index < -0.39 is 0 Å². The first-order valence-electron chi connectivity index (χ1n) is 3.70. The minimum absolute atomic E-state index is 0.706. The fourth-order valence-electron chi connectivity index (χ4n) is 1.16. The summed E-state index contributed by atoms with van der Waals surface area (Å²) >= 11 is 0. The lowest BCUT2D eigenvalue weighted by Gasteiger charge is -2.00. The molecule has 0 spiro atoms. The van der Waals surface area contributed by atoms with E-state index in [0.29, 0.717) is 5.69 Å². The number of nitrogens with zero attached hydrogens (tertiary/aromatic N) is 1. The molecule has 0 fully saturated rings. The van der Waals surface area contributed by atoms with Crippen LogP contribution in [0.25, 0.3) is 11.1 Å². The maximum Gasteiger partial charge on any atom is 0.0580 e. The molecule has 0 aromatic carbocycles. The second kappa shape index (κ2) is 2.70. The van der Waals surface area contributed by atoms with Crippen molar-refractivity contribution in [2.75, 3.05) is 5.73 Å². The van der Waals surface area contributed by atoms with Gasteiger partial charge in [-0.2, -0.15) is 0 Å². The molecule has 0 amide bonds. The van der Waals surface area contributed by atoms with E-state index in [9.17, 15) is 0 Å². The van der Waals surface area contributed by atoms with Gasteiger partial charge in [-0.05, 0) is 12.1 Å². The lowest BCUT2D eigenvalue weighted by molar-refractivity contribution is 1.33. The van der Waals surface area contributed by atoms with E-state index in [0.717, 1.165) is 11.1 Å². The zero-order valence-electron chi connectivity index (χ0n) is 6.49. The average molecular weight is 159 g/mol. The molecule has 2 aromatic rings. The van der Waals surface area contributed by atoms with Gasteiger partial charge < -0.3 is 10.7 Å². The van der Waals surface area contributed by atoms with Gasteiger partial charge in [0.05, 0.1) is 11.9 Å². The number of nitrogens with one attached hydrogen (secondary N) is 1. The number of hydrogen-bond donors (Lipinski definition) is 2. The Bertz CT molecular complexity index is 365. The molecule has 3 N–H and O–H groups in total. The minimum atomic E-state index is 0.706. The molecule has 0 aliphatic heterocycles. The topological polar surface area (TPSA) is 54.7 Å². The maximum absolute atomic E-state index is 5.74. The highest BCUT2D eigenvalue weighted by Crippen LogP contribution is 2.23. The van der Waals surface area contributed by atoms with E-state index in [1.54, 1.807) is 12.4 Å². The molecule has 0 saturated heterocycles. The summed E-state index contributed by atoms with van der Waals surface area (Å²) in [5.41, 5.74) is 8.55. The summed E-state index contributed by atoms with van der Waals surface area (Å²) in [6.45, 7) is 0. The van der Waals surface area contributed by atoms with Crippen LogP contribution >= 0.6 is 0 Å². The highest BCUT2D eigenvalue weighted by Gasteiger charge is 2.00. The number of aromatic nitrogens is 2. The fraction of sp³-hybridized carbons (Fsp3) is 0. The van der Waals surface area contributed by atoms with Gasteiger partial charge in [-0.3, -0.25) is 4.98 Å². The standard InChI is InChI=1S/C9H9N3/c10-9-6-12-4-2-8(9)7-1-3-11-5-7/h1-6,11H,10H2. The molecule has 0 saturated carbocycles. The summed E-state index contributed by atoms with van der Waals surface area (Å²) in [6.07, 6.45) is 7.17. The van der Waals surface area contributed by atoms with Crippen LogP contribution in [0.4, 0.5) is 5.69 Å². The third-order valence-corrected chi connectivity index (χ3v) is 1.76. The predicted octanol–water partition coefficient (Wildman–Crippen LogP) is 1.66. The van der Waals surface area contributed by atoms with E-state index in [1.807, 2.05) is 24.5 Å². The Balaban J connectivity index is 2.55. The van der Waals surface area contributed by atoms with Crippen molar-refractivity contribution < 1.29 is 0 Å². The van der Waals surface area contributed by atoms with E-state index in [4.69, 9.17) is 5.73 Å². The van der Waals surface area contributed by atoms with E-state index in [2.05, 4.69) is 9.97 Å². The Hall–Kier alpha value is -1.77. The van der Waals surface area contributed by atoms with Gasteiger partial charge in [-0.1, -0.05) is 0 Å². The Morgan fingerprint density at radius 2 is 2.25 bits per heavy atom. The zero-order chi connectivity index (χ0) is 8.39. The van der Waals surface area contributed by atoms with Crippen LogP contribution in [-0.4, -0.2) is 9.97 Å².